The number of hydrogen-bond acceptors (Lipinski definition) is 4. The quantitative estimate of drug-likeness (QED) is 0.515. The summed E-state index contributed by atoms with van der Waals surface area (Å²) >= 11 is 11.9. The van der Waals surface area contributed by atoms with Crippen molar-refractivity contribution in [1.29, 1.82) is 0 Å². The molecule has 0 spiro atoms. The number of benzene rings is 3. The number of nitrogens with one attached hydrogen (secondary N) is 2. The van der Waals surface area contributed by atoms with Gasteiger partial charge in [0.15, 0.2) is 0 Å². The number of hydrogen-bond donors (Lipinski definition) is 2. The van der Waals surface area contributed by atoms with Gasteiger partial charge in [-0.1, -0.05) is 23.2 Å². The summed E-state index contributed by atoms with van der Waals surface area (Å²) in [4.78, 5) is 11.1. The molecule has 3 aromatic carbocycles. The van der Waals surface area contributed by atoms with Gasteiger partial charge >= 0.3 is 0 Å². The molecule has 0 fully saturated rings. The fraction of sp³-hybridized carbons (Fsp3) is 0.0500. The average Bonchev–Trinajstić information content (AvgIpc) is 2.66. The molecule has 150 valence electrons. The van der Waals surface area contributed by atoms with E-state index in [9.17, 15) is 13.2 Å². The highest BCUT2D eigenvalue weighted by molar-refractivity contribution is 7.92. The van der Waals surface area contributed by atoms with E-state index in [2.05, 4.69) is 10.0 Å². The van der Waals surface area contributed by atoms with Gasteiger partial charge in [0.05, 0.1) is 15.6 Å². The molecule has 3 aromatic rings. The van der Waals surface area contributed by atoms with E-state index in [1.165, 1.54) is 25.1 Å². The van der Waals surface area contributed by atoms with Crippen LogP contribution in [0, 0.1) is 0 Å². The van der Waals surface area contributed by atoms with Gasteiger partial charge in [-0.25, -0.2) is 8.42 Å². The molecule has 0 bridgehead atoms. The summed E-state index contributed by atoms with van der Waals surface area (Å²) in [5.41, 5.74) is 0.692. The van der Waals surface area contributed by atoms with Gasteiger partial charge in [-0.15, -0.1) is 0 Å². The normalized spacial score (nSPS) is 11.0. The van der Waals surface area contributed by atoms with Gasteiger partial charge in [0.2, 0.25) is 5.91 Å². The minimum Gasteiger partial charge on any atom is -0.457 e. The minimum absolute atomic E-state index is 0.0295. The van der Waals surface area contributed by atoms with Crippen molar-refractivity contribution < 1.29 is 17.9 Å². The number of carbonyl (C=O) groups is 1. The van der Waals surface area contributed by atoms with Crippen LogP contribution in [0.5, 0.6) is 11.5 Å². The molecular weight excluding hydrogens is 435 g/mol. The largest absolute Gasteiger partial charge is 0.457 e. The molecule has 0 saturated heterocycles. The number of rotatable bonds is 6. The zero-order valence-electron chi connectivity index (χ0n) is 15.1. The molecule has 0 heterocycles. The Morgan fingerprint density at radius 2 is 1.48 bits per heavy atom. The van der Waals surface area contributed by atoms with Gasteiger partial charge in [0.1, 0.15) is 11.5 Å². The average molecular weight is 451 g/mol. The molecule has 9 heteroatoms. The highest BCUT2D eigenvalue weighted by atomic mass is 35.5. The number of anilines is 2. The van der Waals surface area contributed by atoms with Crippen molar-refractivity contribution in [3.8, 4) is 11.5 Å². The Morgan fingerprint density at radius 1 is 0.897 bits per heavy atom. The molecule has 0 saturated carbocycles. The van der Waals surface area contributed by atoms with E-state index in [0.29, 0.717) is 27.9 Å². The molecular formula is C20H16Cl2N2O4S. The molecule has 29 heavy (non-hydrogen) atoms. The highest BCUT2D eigenvalue weighted by Crippen LogP contribution is 2.28. The molecule has 0 aromatic heterocycles. The molecule has 0 radical (unpaired) electrons. The van der Waals surface area contributed by atoms with Crippen LogP contribution in [0.3, 0.4) is 0 Å². The molecule has 0 unspecified atom stereocenters. The molecule has 1 amide bonds. The number of amides is 1. The zero-order valence-corrected chi connectivity index (χ0v) is 17.5. The first-order valence-electron chi connectivity index (χ1n) is 8.36. The predicted molar refractivity (Wildman–Crippen MR) is 115 cm³/mol. The first-order chi connectivity index (χ1) is 13.7. The van der Waals surface area contributed by atoms with Crippen LogP contribution in [-0.2, 0) is 14.8 Å². The number of halogens is 2. The number of carbonyl (C=O) groups excluding carboxylic acids is 1. The van der Waals surface area contributed by atoms with Crippen LogP contribution >= 0.6 is 23.2 Å². The Balaban J connectivity index is 1.72. The zero-order chi connectivity index (χ0) is 21.0. The van der Waals surface area contributed by atoms with Gasteiger partial charge in [-0.2, -0.15) is 0 Å². The standard InChI is InChI=1S/C20H16Cl2N2O4S/c1-13(25)23-20-11-10-18(12-19(20)22)29(26,27)24-15-4-8-17(9-5-15)28-16-6-2-14(21)3-7-16/h2-12,24H,1H3,(H,23,25). The smallest absolute Gasteiger partial charge is 0.261 e. The van der Waals surface area contributed by atoms with Gasteiger partial charge in [-0.3, -0.25) is 9.52 Å². The third-order valence-electron chi connectivity index (χ3n) is 3.72. The Bertz CT molecular complexity index is 1130. The van der Waals surface area contributed by atoms with E-state index in [1.807, 2.05) is 0 Å². The maximum atomic E-state index is 12.6. The lowest BCUT2D eigenvalue weighted by atomic mass is 10.3. The van der Waals surface area contributed by atoms with E-state index in [-0.39, 0.29) is 15.8 Å². The Morgan fingerprint density at radius 3 is 2.03 bits per heavy atom. The van der Waals surface area contributed by atoms with Crippen LogP contribution in [0.2, 0.25) is 10.0 Å². The van der Waals surface area contributed by atoms with Gasteiger partial charge in [0, 0.05) is 17.6 Å². The van der Waals surface area contributed by atoms with E-state index in [1.54, 1.807) is 48.5 Å². The summed E-state index contributed by atoms with van der Waals surface area (Å²) in [6, 6.07) is 17.4. The highest BCUT2D eigenvalue weighted by Gasteiger charge is 2.16. The van der Waals surface area contributed by atoms with Gasteiger partial charge in [-0.05, 0) is 66.7 Å². The summed E-state index contributed by atoms with van der Waals surface area (Å²) in [6.07, 6.45) is 0. The summed E-state index contributed by atoms with van der Waals surface area (Å²) in [6.45, 7) is 1.34. The molecule has 0 aliphatic carbocycles. The van der Waals surface area contributed by atoms with E-state index in [0.717, 1.165) is 0 Å². The SMILES string of the molecule is CC(=O)Nc1ccc(S(=O)(=O)Nc2ccc(Oc3ccc(Cl)cc3)cc2)cc1Cl. The van der Waals surface area contributed by atoms with Crippen LogP contribution in [0.1, 0.15) is 6.92 Å². The third kappa shape index (κ3) is 5.63. The van der Waals surface area contributed by atoms with Gasteiger partial charge < -0.3 is 10.1 Å². The van der Waals surface area contributed by atoms with Crippen molar-refractivity contribution in [2.75, 3.05) is 10.0 Å². The lowest BCUT2D eigenvalue weighted by Gasteiger charge is -2.11. The monoisotopic (exact) mass is 450 g/mol. The second-order valence-corrected chi connectivity index (χ2v) is 8.53. The third-order valence-corrected chi connectivity index (χ3v) is 5.66. The lowest BCUT2D eigenvalue weighted by molar-refractivity contribution is -0.114. The first-order valence-corrected chi connectivity index (χ1v) is 10.6. The minimum atomic E-state index is -3.86. The van der Waals surface area contributed by atoms with E-state index < -0.39 is 10.0 Å². The number of sulfonamides is 1. The molecule has 3 rings (SSSR count). The first kappa shape index (κ1) is 21.0. The second-order valence-electron chi connectivity index (χ2n) is 6.01. The Hall–Kier alpha value is -2.74. The van der Waals surface area contributed by atoms with Crippen LogP contribution in [0.15, 0.2) is 71.6 Å². The van der Waals surface area contributed by atoms with Crippen molar-refractivity contribution >= 4 is 50.5 Å². The van der Waals surface area contributed by atoms with Crippen molar-refractivity contribution in [2.45, 2.75) is 11.8 Å². The van der Waals surface area contributed by atoms with Crippen molar-refractivity contribution in [2.24, 2.45) is 0 Å². The van der Waals surface area contributed by atoms with Crippen molar-refractivity contribution in [1.82, 2.24) is 0 Å². The van der Waals surface area contributed by atoms with E-state index in [4.69, 9.17) is 27.9 Å². The Labute approximate surface area is 178 Å². The summed E-state index contributed by atoms with van der Waals surface area (Å²) in [5.74, 6) is 0.844. The molecule has 6 nitrogen and oxygen atoms in total. The fourth-order valence-corrected chi connectivity index (χ4v) is 3.90. The fourth-order valence-electron chi connectivity index (χ4n) is 2.40. The number of ether oxygens (including phenoxy) is 1. The second kappa shape index (κ2) is 8.73. The van der Waals surface area contributed by atoms with Crippen molar-refractivity contribution in [3.63, 3.8) is 0 Å². The summed E-state index contributed by atoms with van der Waals surface area (Å²) in [7, 11) is -3.86. The van der Waals surface area contributed by atoms with Crippen LogP contribution in [-0.4, -0.2) is 14.3 Å². The maximum absolute atomic E-state index is 12.6. The molecule has 0 atom stereocenters. The van der Waals surface area contributed by atoms with Crippen molar-refractivity contribution in [3.05, 3.63) is 76.8 Å². The molecule has 0 aliphatic heterocycles. The topological polar surface area (TPSA) is 84.5 Å². The lowest BCUT2D eigenvalue weighted by Crippen LogP contribution is -2.13. The summed E-state index contributed by atoms with van der Waals surface area (Å²) in [5, 5.41) is 3.25. The molecule has 0 aliphatic rings. The van der Waals surface area contributed by atoms with E-state index >= 15 is 0 Å². The predicted octanol–water partition coefficient (Wildman–Crippen LogP) is 5.54. The van der Waals surface area contributed by atoms with Crippen LogP contribution in [0.25, 0.3) is 0 Å². The van der Waals surface area contributed by atoms with Crippen LogP contribution in [0.4, 0.5) is 11.4 Å². The maximum Gasteiger partial charge on any atom is 0.261 e. The van der Waals surface area contributed by atoms with Gasteiger partial charge in [0.25, 0.3) is 10.0 Å². The molecule has 2 N–H and O–H groups in total. The van der Waals surface area contributed by atoms with Crippen LogP contribution < -0.4 is 14.8 Å². The Kier molecular flexibility index (Phi) is 6.32. The summed E-state index contributed by atoms with van der Waals surface area (Å²) < 4.78 is 33.3.